The van der Waals surface area contributed by atoms with Crippen LogP contribution in [-0.2, 0) is 6.42 Å². The van der Waals surface area contributed by atoms with Crippen LogP contribution >= 0.6 is 0 Å². The number of aryl methyl sites for hydroxylation is 1. The molecule has 0 aromatic carbocycles. The highest BCUT2D eigenvalue weighted by atomic mass is 16.3. The van der Waals surface area contributed by atoms with Crippen LogP contribution in [0.4, 0.5) is 0 Å². The predicted molar refractivity (Wildman–Crippen MR) is 83.2 cm³/mol. The van der Waals surface area contributed by atoms with E-state index in [0.29, 0.717) is 6.54 Å². The number of carbonyl (C=O) groups is 1. The number of amides is 1. The van der Waals surface area contributed by atoms with Gasteiger partial charge in [-0.2, -0.15) is 0 Å². The Bertz CT molecular complexity index is 483. The predicted octanol–water partition coefficient (Wildman–Crippen LogP) is 2.66. The van der Waals surface area contributed by atoms with Crippen LogP contribution in [0.25, 0.3) is 0 Å². The molecule has 2 rings (SSSR count). The summed E-state index contributed by atoms with van der Waals surface area (Å²) in [5.74, 6) is 0.0701. The third-order valence-electron chi connectivity index (χ3n) is 4.60. The van der Waals surface area contributed by atoms with Crippen molar-refractivity contribution in [3.63, 3.8) is 0 Å². The SMILES string of the molecule is CCCc1cc(C(=O)N2CCCC(CC)(CO)C2)ccn1. The standard InChI is InChI=1S/C17H26N2O2/c1-3-6-15-11-14(7-9-18-15)16(21)19-10-5-8-17(4-2,12-19)13-20/h7,9,11,20H,3-6,8,10,12-13H2,1-2H3. The monoisotopic (exact) mass is 290 g/mol. The van der Waals surface area contributed by atoms with Crippen LogP contribution in [0, 0.1) is 5.41 Å². The zero-order chi connectivity index (χ0) is 15.3. The first kappa shape index (κ1) is 16.0. The summed E-state index contributed by atoms with van der Waals surface area (Å²) in [6.45, 7) is 5.80. The fourth-order valence-electron chi connectivity index (χ4n) is 3.10. The smallest absolute Gasteiger partial charge is 0.253 e. The maximum Gasteiger partial charge on any atom is 0.253 e. The molecule has 0 spiro atoms. The first-order chi connectivity index (χ1) is 10.1. The lowest BCUT2D eigenvalue weighted by Gasteiger charge is -2.41. The summed E-state index contributed by atoms with van der Waals surface area (Å²) < 4.78 is 0. The third-order valence-corrected chi connectivity index (χ3v) is 4.60. The van der Waals surface area contributed by atoms with Crippen molar-refractivity contribution < 1.29 is 9.90 Å². The summed E-state index contributed by atoms with van der Waals surface area (Å²) in [5.41, 5.74) is 1.58. The molecule has 0 radical (unpaired) electrons. The van der Waals surface area contributed by atoms with Crippen molar-refractivity contribution in [1.82, 2.24) is 9.88 Å². The summed E-state index contributed by atoms with van der Waals surface area (Å²) in [4.78, 5) is 18.9. The number of pyridine rings is 1. The lowest BCUT2D eigenvalue weighted by atomic mass is 9.78. The molecule has 1 aliphatic rings. The molecule has 1 saturated heterocycles. The molecule has 1 aromatic rings. The van der Waals surface area contributed by atoms with Gasteiger partial charge in [-0.3, -0.25) is 9.78 Å². The Morgan fingerprint density at radius 3 is 2.95 bits per heavy atom. The number of likely N-dealkylation sites (tertiary alicyclic amines) is 1. The molecule has 4 heteroatoms. The number of carbonyl (C=O) groups excluding carboxylic acids is 1. The molecule has 1 amide bonds. The van der Waals surface area contributed by atoms with Crippen molar-refractivity contribution in [2.45, 2.75) is 46.0 Å². The van der Waals surface area contributed by atoms with Gasteiger partial charge < -0.3 is 10.0 Å². The Labute approximate surface area is 127 Å². The topological polar surface area (TPSA) is 53.4 Å². The zero-order valence-corrected chi connectivity index (χ0v) is 13.1. The number of rotatable bonds is 5. The molecule has 1 fully saturated rings. The van der Waals surface area contributed by atoms with Crippen LogP contribution in [0.3, 0.4) is 0 Å². The molecule has 1 aliphatic heterocycles. The minimum Gasteiger partial charge on any atom is -0.396 e. The Balaban J connectivity index is 2.14. The van der Waals surface area contributed by atoms with Crippen LogP contribution in [0.2, 0.25) is 0 Å². The maximum atomic E-state index is 12.7. The summed E-state index contributed by atoms with van der Waals surface area (Å²) in [7, 11) is 0. The summed E-state index contributed by atoms with van der Waals surface area (Å²) in [6, 6.07) is 3.70. The van der Waals surface area contributed by atoms with Crippen molar-refractivity contribution >= 4 is 5.91 Å². The molecular formula is C17H26N2O2. The summed E-state index contributed by atoms with van der Waals surface area (Å²) in [6.07, 6.45) is 6.52. The highest BCUT2D eigenvalue weighted by Crippen LogP contribution is 2.33. The minimum absolute atomic E-state index is 0.0701. The van der Waals surface area contributed by atoms with Gasteiger partial charge in [-0.15, -0.1) is 0 Å². The Morgan fingerprint density at radius 2 is 2.29 bits per heavy atom. The van der Waals surface area contributed by atoms with Gasteiger partial charge in [-0.1, -0.05) is 20.3 Å². The van der Waals surface area contributed by atoms with E-state index in [1.807, 2.05) is 11.0 Å². The van der Waals surface area contributed by atoms with E-state index < -0.39 is 0 Å². The highest BCUT2D eigenvalue weighted by Gasteiger charge is 2.35. The second-order valence-electron chi connectivity index (χ2n) is 6.13. The van der Waals surface area contributed by atoms with E-state index in [-0.39, 0.29) is 17.9 Å². The Morgan fingerprint density at radius 1 is 1.48 bits per heavy atom. The van der Waals surface area contributed by atoms with Gasteiger partial charge >= 0.3 is 0 Å². The first-order valence-corrected chi connectivity index (χ1v) is 7.99. The van der Waals surface area contributed by atoms with E-state index in [1.54, 1.807) is 12.3 Å². The van der Waals surface area contributed by atoms with Crippen molar-refractivity contribution in [2.75, 3.05) is 19.7 Å². The van der Waals surface area contributed by atoms with Gasteiger partial charge in [-0.05, 0) is 37.8 Å². The Kier molecular flexibility index (Phi) is 5.34. The normalized spacial score (nSPS) is 22.3. The molecule has 1 atom stereocenters. The largest absolute Gasteiger partial charge is 0.396 e. The number of aliphatic hydroxyl groups excluding tert-OH is 1. The molecule has 0 bridgehead atoms. The quantitative estimate of drug-likeness (QED) is 0.907. The van der Waals surface area contributed by atoms with Crippen molar-refractivity contribution in [1.29, 1.82) is 0 Å². The number of aromatic nitrogens is 1. The van der Waals surface area contributed by atoms with Gasteiger partial charge in [0, 0.05) is 36.0 Å². The molecule has 0 saturated carbocycles. The number of piperidine rings is 1. The van der Waals surface area contributed by atoms with E-state index >= 15 is 0 Å². The van der Waals surface area contributed by atoms with Crippen LogP contribution in [0.15, 0.2) is 18.3 Å². The van der Waals surface area contributed by atoms with Gasteiger partial charge in [0.15, 0.2) is 0 Å². The van der Waals surface area contributed by atoms with Gasteiger partial charge in [-0.25, -0.2) is 0 Å². The number of hydrogen-bond acceptors (Lipinski definition) is 3. The average molecular weight is 290 g/mol. The van der Waals surface area contributed by atoms with E-state index in [9.17, 15) is 9.90 Å². The molecule has 0 aliphatic carbocycles. The Hall–Kier alpha value is -1.42. The average Bonchev–Trinajstić information content (AvgIpc) is 2.54. The van der Waals surface area contributed by atoms with Crippen LogP contribution in [0.1, 0.15) is 55.6 Å². The lowest BCUT2D eigenvalue weighted by molar-refractivity contribution is 0.0251. The maximum absolute atomic E-state index is 12.7. The molecule has 1 N–H and O–H groups in total. The number of hydrogen-bond donors (Lipinski definition) is 1. The van der Waals surface area contributed by atoms with Crippen molar-refractivity contribution in [3.8, 4) is 0 Å². The van der Waals surface area contributed by atoms with E-state index in [2.05, 4.69) is 18.8 Å². The van der Waals surface area contributed by atoms with Crippen molar-refractivity contribution in [3.05, 3.63) is 29.6 Å². The molecule has 21 heavy (non-hydrogen) atoms. The van der Waals surface area contributed by atoms with Gasteiger partial charge in [0.2, 0.25) is 0 Å². The minimum atomic E-state index is -0.118. The molecule has 1 aromatic heterocycles. The fraction of sp³-hybridized carbons (Fsp3) is 0.647. The number of nitrogens with zero attached hydrogens (tertiary/aromatic N) is 2. The van der Waals surface area contributed by atoms with E-state index in [0.717, 1.165) is 49.9 Å². The second kappa shape index (κ2) is 7.03. The fourth-order valence-corrected chi connectivity index (χ4v) is 3.10. The van der Waals surface area contributed by atoms with E-state index in [4.69, 9.17) is 0 Å². The molecular weight excluding hydrogens is 264 g/mol. The number of aliphatic hydroxyl groups is 1. The molecule has 2 heterocycles. The van der Waals surface area contributed by atoms with Crippen LogP contribution in [-0.4, -0.2) is 40.6 Å². The van der Waals surface area contributed by atoms with Crippen LogP contribution < -0.4 is 0 Å². The van der Waals surface area contributed by atoms with Crippen LogP contribution in [0.5, 0.6) is 0 Å². The molecule has 1 unspecified atom stereocenters. The van der Waals surface area contributed by atoms with Gasteiger partial charge in [0.05, 0.1) is 6.61 Å². The highest BCUT2D eigenvalue weighted by molar-refractivity contribution is 5.94. The third kappa shape index (κ3) is 3.62. The molecule has 4 nitrogen and oxygen atoms in total. The second-order valence-corrected chi connectivity index (χ2v) is 6.13. The summed E-state index contributed by atoms with van der Waals surface area (Å²) in [5, 5.41) is 9.68. The van der Waals surface area contributed by atoms with E-state index in [1.165, 1.54) is 0 Å². The lowest BCUT2D eigenvalue weighted by Crippen LogP contribution is -2.47. The summed E-state index contributed by atoms with van der Waals surface area (Å²) >= 11 is 0. The molecule has 116 valence electrons. The van der Waals surface area contributed by atoms with Crippen molar-refractivity contribution in [2.24, 2.45) is 5.41 Å². The first-order valence-electron chi connectivity index (χ1n) is 7.99. The zero-order valence-electron chi connectivity index (χ0n) is 13.1. The van der Waals surface area contributed by atoms with Gasteiger partial charge in [0.25, 0.3) is 5.91 Å². The van der Waals surface area contributed by atoms with Gasteiger partial charge in [0.1, 0.15) is 0 Å².